The molecule has 1 aliphatic heterocycles. The van der Waals surface area contributed by atoms with E-state index in [1.54, 1.807) is 29.0 Å². The molecule has 0 unspecified atom stereocenters. The minimum Gasteiger partial charge on any atom is -0.340 e. The second kappa shape index (κ2) is 7.53. The van der Waals surface area contributed by atoms with E-state index in [0.29, 0.717) is 13.0 Å². The first kappa shape index (κ1) is 18.2. The second-order valence-corrected chi connectivity index (χ2v) is 8.80. The number of nitrogens with one attached hydrogen (secondary N) is 1. The summed E-state index contributed by atoms with van der Waals surface area (Å²) in [6, 6.07) is 8.32. The van der Waals surface area contributed by atoms with Crippen LogP contribution in [0, 0.1) is 0 Å². The molecule has 0 aliphatic carbocycles. The van der Waals surface area contributed by atoms with Gasteiger partial charge in [-0.25, -0.2) is 15.0 Å². The van der Waals surface area contributed by atoms with Crippen LogP contribution >= 0.6 is 22.7 Å². The fourth-order valence-corrected chi connectivity index (χ4v) is 5.25. The molecular formula is C21H19N5OS2. The highest BCUT2D eigenvalue weighted by atomic mass is 32.1. The average Bonchev–Trinajstić information content (AvgIpc) is 3.40. The molecular weight excluding hydrogens is 402 g/mol. The number of carbonyl (C=O) groups excluding carboxylic acids is 1. The van der Waals surface area contributed by atoms with Gasteiger partial charge in [0.15, 0.2) is 0 Å². The molecule has 0 spiro atoms. The number of aromatic nitrogens is 3. The monoisotopic (exact) mass is 421 g/mol. The van der Waals surface area contributed by atoms with Gasteiger partial charge in [-0.3, -0.25) is 4.79 Å². The Hall–Kier alpha value is -2.84. The first-order chi connectivity index (χ1) is 14.2. The SMILES string of the molecule is CCC(=O)N1CC=C(c2cc3c(Nc4ccc5scnc5c4)ncnc3s2)CC1. The molecule has 0 radical (unpaired) electrons. The molecule has 0 saturated carbocycles. The number of hydrogen-bond acceptors (Lipinski definition) is 7. The van der Waals surface area contributed by atoms with Gasteiger partial charge in [-0.15, -0.1) is 22.7 Å². The number of amides is 1. The van der Waals surface area contributed by atoms with E-state index in [4.69, 9.17) is 0 Å². The van der Waals surface area contributed by atoms with Gasteiger partial charge < -0.3 is 10.2 Å². The van der Waals surface area contributed by atoms with Crippen LogP contribution in [0.2, 0.25) is 0 Å². The van der Waals surface area contributed by atoms with Crippen molar-refractivity contribution in [1.82, 2.24) is 19.9 Å². The van der Waals surface area contributed by atoms with Crippen molar-refractivity contribution in [3.05, 3.63) is 47.1 Å². The van der Waals surface area contributed by atoms with Crippen LogP contribution in [0.1, 0.15) is 24.6 Å². The van der Waals surface area contributed by atoms with Crippen molar-refractivity contribution in [3.63, 3.8) is 0 Å². The van der Waals surface area contributed by atoms with Crippen molar-refractivity contribution in [2.24, 2.45) is 0 Å². The molecule has 1 amide bonds. The molecule has 1 N–H and O–H groups in total. The van der Waals surface area contributed by atoms with Crippen molar-refractivity contribution >= 4 is 66.1 Å². The maximum absolute atomic E-state index is 11.9. The van der Waals surface area contributed by atoms with E-state index in [-0.39, 0.29) is 5.91 Å². The molecule has 0 bridgehead atoms. The maximum atomic E-state index is 11.9. The lowest BCUT2D eigenvalue weighted by Gasteiger charge is -2.25. The molecule has 0 fully saturated rings. The minimum atomic E-state index is 0.214. The van der Waals surface area contributed by atoms with Gasteiger partial charge >= 0.3 is 0 Å². The fourth-order valence-electron chi connectivity index (χ4n) is 3.53. The number of nitrogens with zero attached hydrogens (tertiary/aromatic N) is 4. The van der Waals surface area contributed by atoms with Crippen LogP contribution in [-0.4, -0.2) is 38.8 Å². The molecule has 146 valence electrons. The summed E-state index contributed by atoms with van der Waals surface area (Å²) in [5.41, 5.74) is 5.08. The average molecular weight is 422 g/mol. The van der Waals surface area contributed by atoms with Gasteiger partial charge in [-0.05, 0) is 36.3 Å². The Morgan fingerprint density at radius 3 is 3.00 bits per heavy atom. The summed E-state index contributed by atoms with van der Waals surface area (Å²) in [7, 11) is 0. The van der Waals surface area contributed by atoms with Gasteiger partial charge in [0.1, 0.15) is 17.0 Å². The normalized spacial score (nSPS) is 14.4. The highest BCUT2D eigenvalue weighted by Crippen LogP contribution is 2.36. The van der Waals surface area contributed by atoms with E-state index in [1.165, 1.54) is 15.2 Å². The number of thiophene rings is 1. The van der Waals surface area contributed by atoms with Crippen molar-refractivity contribution in [1.29, 1.82) is 0 Å². The molecule has 0 atom stereocenters. The summed E-state index contributed by atoms with van der Waals surface area (Å²) in [6.07, 6.45) is 5.19. The Morgan fingerprint density at radius 2 is 2.17 bits per heavy atom. The topological polar surface area (TPSA) is 71.0 Å². The third-order valence-corrected chi connectivity index (χ3v) is 7.03. The molecule has 1 aromatic carbocycles. The second-order valence-electron chi connectivity index (χ2n) is 6.88. The van der Waals surface area contributed by atoms with Crippen LogP contribution in [0.15, 0.2) is 42.2 Å². The maximum Gasteiger partial charge on any atom is 0.222 e. The van der Waals surface area contributed by atoms with Crippen molar-refractivity contribution < 1.29 is 4.79 Å². The Morgan fingerprint density at radius 1 is 1.24 bits per heavy atom. The Labute approximate surface area is 175 Å². The number of rotatable bonds is 4. The molecule has 0 saturated heterocycles. The first-order valence-electron chi connectivity index (χ1n) is 9.53. The van der Waals surface area contributed by atoms with Crippen LogP contribution in [0.5, 0.6) is 0 Å². The summed E-state index contributed by atoms with van der Waals surface area (Å²) >= 11 is 3.31. The quantitative estimate of drug-likeness (QED) is 0.498. The molecule has 4 heterocycles. The lowest BCUT2D eigenvalue weighted by Crippen LogP contribution is -2.33. The van der Waals surface area contributed by atoms with Crippen LogP contribution in [-0.2, 0) is 4.79 Å². The first-order valence-corrected chi connectivity index (χ1v) is 11.2. The third-order valence-electron chi connectivity index (χ3n) is 5.10. The van der Waals surface area contributed by atoms with Crippen LogP contribution in [0.25, 0.3) is 26.0 Å². The predicted octanol–water partition coefficient (Wildman–Crippen LogP) is 5.07. The van der Waals surface area contributed by atoms with Gasteiger partial charge in [-0.2, -0.15) is 0 Å². The summed E-state index contributed by atoms with van der Waals surface area (Å²) < 4.78 is 1.17. The summed E-state index contributed by atoms with van der Waals surface area (Å²) in [5.74, 6) is 1.01. The Balaban J connectivity index is 1.44. The lowest BCUT2D eigenvalue weighted by molar-refractivity contribution is -0.130. The van der Waals surface area contributed by atoms with Gasteiger partial charge in [0.2, 0.25) is 5.91 Å². The summed E-state index contributed by atoms with van der Waals surface area (Å²) in [6.45, 7) is 3.37. The molecule has 8 heteroatoms. The van der Waals surface area contributed by atoms with Gasteiger partial charge in [0.25, 0.3) is 0 Å². The standard InChI is InChI=1S/C21H19N5OS2/c1-2-19(27)26-7-5-13(6-8-26)18-10-15-20(22-11-23-21(15)29-18)25-14-3-4-17-16(9-14)24-12-28-17/h3-5,9-12H,2,6-8H2,1H3,(H,22,23,25). The molecule has 3 aromatic heterocycles. The number of hydrogen-bond donors (Lipinski definition) is 1. The number of fused-ring (bicyclic) bond motifs is 2. The van der Waals surface area contributed by atoms with Crippen molar-refractivity contribution in [2.45, 2.75) is 19.8 Å². The van der Waals surface area contributed by atoms with Crippen LogP contribution < -0.4 is 5.32 Å². The lowest BCUT2D eigenvalue weighted by atomic mass is 10.1. The zero-order valence-corrected chi connectivity index (χ0v) is 17.5. The Kier molecular flexibility index (Phi) is 4.73. The van der Waals surface area contributed by atoms with E-state index in [9.17, 15) is 4.79 Å². The van der Waals surface area contributed by atoms with Crippen LogP contribution in [0.4, 0.5) is 11.5 Å². The smallest absolute Gasteiger partial charge is 0.222 e. The molecule has 6 nitrogen and oxygen atoms in total. The van der Waals surface area contributed by atoms with E-state index in [2.05, 4.69) is 38.5 Å². The Bertz CT molecular complexity index is 1240. The molecule has 5 rings (SSSR count). The number of anilines is 2. The van der Waals surface area contributed by atoms with Gasteiger partial charge in [0.05, 0.1) is 21.1 Å². The molecule has 4 aromatic rings. The largest absolute Gasteiger partial charge is 0.340 e. The fraction of sp³-hybridized carbons (Fsp3) is 0.238. The van der Waals surface area contributed by atoms with Gasteiger partial charge in [0, 0.05) is 30.1 Å². The minimum absolute atomic E-state index is 0.214. The van der Waals surface area contributed by atoms with E-state index >= 15 is 0 Å². The van der Waals surface area contributed by atoms with E-state index in [0.717, 1.165) is 40.2 Å². The number of thiazole rings is 1. The van der Waals surface area contributed by atoms with E-state index in [1.807, 2.05) is 29.5 Å². The van der Waals surface area contributed by atoms with Crippen molar-refractivity contribution in [3.8, 4) is 0 Å². The molecule has 1 aliphatic rings. The zero-order chi connectivity index (χ0) is 19.8. The summed E-state index contributed by atoms with van der Waals surface area (Å²) in [5, 5.41) is 4.44. The third kappa shape index (κ3) is 3.49. The predicted molar refractivity (Wildman–Crippen MR) is 120 cm³/mol. The van der Waals surface area contributed by atoms with Gasteiger partial charge in [-0.1, -0.05) is 13.0 Å². The number of carbonyl (C=O) groups is 1. The highest BCUT2D eigenvalue weighted by Gasteiger charge is 2.19. The zero-order valence-electron chi connectivity index (χ0n) is 15.9. The van der Waals surface area contributed by atoms with E-state index < -0.39 is 0 Å². The molecule has 29 heavy (non-hydrogen) atoms. The highest BCUT2D eigenvalue weighted by molar-refractivity contribution is 7.19. The summed E-state index contributed by atoms with van der Waals surface area (Å²) in [4.78, 5) is 29.3. The van der Waals surface area contributed by atoms with Crippen LogP contribution in [0.3, 0.4) is 0 Å². The van der Waals surface area contributed by atoms with Crippen molar-refractivity contribution in [2.75, 3.05) is 18.4 Å². The number of benzene rings is 1.